The van der Waals surface area contributed by atoms with Crippen molar-refractivity contribution in [2.75, 3.05) is 6.61 Å². The van der Waals surface area contributed by atoms with Gasteiger partial charge in [-0.15, -0.1) is 0 Å². The minimum absolute atomic E-state index is 0.188. The van der Waals surface area contributed by atoms with E-state index in [1.165, 1.54) is 0 Å². The molecule has 0 bridgehead atoms. The molecule has 2 unspecified atom stereocenters. The number of aliphatic carboxylic acids is 1. The first-order chi connectivity index (χ1) is 9.13. The first-order valence-electron chi connectivity index (χ1n) is 6.56. The van der Waals surface area contributed by atoms with Crippen LogP contribution < -0.4 is 10.1 Å². The Balaban J connectivity index is 1.76. The van der Waals surface area contributed by atoms with Crippen molar-refractivity contribution in [2.24, 2.45) is 0 Å². The lowest BCUT2D eigenvalue weighted by molar-refractivity contribution is -0.139. The Kier molecular flexibility index (Phi) is 3.37. The van der Waals surface area contributed by atoms with E-state index < -0.39 is 12.0 Å². The van der Waals surface area contributed by atoms with E-state index in [-0.39, 0.29) is 6.04 Å². The van der Waals surface area contributed by atoms with E-state index >= 15 is 0 Å². The Bertz CT molecular complexity index is 518. The summed E-state index contributed by atoms with van der Waals surface area (Å²) in [4.78, 5) is 10.9. The van der Waals surface area contributed by atoms with Crippen LogP contribution >= 0.6 is 11.6 Å². The second kappa shape index (κ2) is 5.02. The number of carboxylic acids is 1. The van der Waals surface area contributed by atoms with Crippen molar-refractivity contribution >= 4 is 17.6 Å². The minimum Gasteiger partial charge on any atom is -0.493 e. The molecule has 0 aromatic heterocycles. The summed E-state index contributed by atoms with van der Waals surface area (Å²) in [6, 6.07) is 3.66. The lowest BCUT2D eigenvalue weighted by Gasteiger charge is -2.14. The highest BCUT2D eigenvalue weighted by Gasteiger charge is 2.30. The van der Waals surface area contributed by atoms with Crippen molar-refractivity contribution < 1.29 is 14.6 Å². The molecule has 1 saturated heterocycles. The molecule has 4 nitrogen and oxygen atoms in total. The molecule has 0 aliphatic carbocycles. The molecule has 102 valence electrons. The summed E-state index contributed by atoms with van der Waals surface area (Å²) in [6.45, 7) is 0.707. The first-order valence-corrected chi connectivity index (χ1v) is 6.94. The van der Waals surface area contributed by atoms with Crippen LogP contribution in [0.25, 0.3) is 0 Å². The molecule has 2 aliphatic heterocycles. The monoisotopic (exact) mass is 281 g/mol. The fraction of sp³-hybridized carbons (Fsp3) is 0.500. The topological polar surface area (TPSA) is 58.6 Å². The molecule has 2 aliphatic rings. The highest BCUT2D eigenvalue weighted by Crippen LogP contribution is 2.34. The third-order valence-electron chi connectivity index (χ3n) is 3.83. The summed E-state index contributed by atoms with van der Waals surface area (Å²) >= 11 is 6.12. The molecule has 2 heterocycles. The number of halogens is 1. The van der Waals surface area contributed by atoms with Crippen LogP contribution in [0.5, 0.6) is 5.75 Å². The maximum Gasteiger partial charge on any atom is 0.320 e. The van der Waals surface area contributed by atoms with Crippen molar-refractivity contribution in [3.63, 3.8) is 0 Å². The SMILES string of the molecule is O=C(O)C1CCC(Cc2cc(Cl)cc3c2OCC3)N1. The zero-order valence-corrected chi connectivity index (χ0v) is 11.2. The van der Waals surface area contributed by atoms with Crippen LogP contribution in [0.15, 0.2) is 12.1 Å². The van der Waals surface area contributed by atoms with Gasteiger partial charge < -0.3 is 15.2 Å². The van der Waals surface area contributed by atoms with E-state index in [4.69, 9.17) is 21.4 Å². The van der Waals surface area contributed by atoms with Gasteiger partial charge in [0, 0.05) is 17.5 Å². The van der Waals surface area contributed by atoms with Gasteiger partial charge >= 0.3 is 5.97 Å². The summed E-state index contributed by atoms with van der Waals surface area (Å²) in [5.41, 5.74) is 2.25. The van der Waals surface area contributed by atoms with E-state index in [0.29, 0.717) is 13.0 Å². The Labute approximate surface area is 116 Å². The average molecular weight is 282 g/mol. The van der Waals surface area contributed by atoms with Crippen LogP contribution in [0.3, 0.4) is 0 Å². The fourth-order valence-corrected chi connectivity index (χ4v) is 3.20. The summed E-state index contributed by atoms with van der Waals surface area (Å²) in [5.74, 6) is 0.181. The number of hydrogen-bond acceptors (Lipinski definition) is 3. The zero-order valence-electron chi connectivity index (χ0n) is 10.5. The molecule has 2 atom stereocenters. The van der Waals surface area contributed by atoms with Gasteiger partial charge in [-0.1, -0.05) is 11.6 Å². The third kappa shape index (κ3) is 2.55. The number of carboxylic acid groups (broad SMARTS) is 1. The van der Waals surface area contributed by atoms with Crippen LogP contribution in [0, 0.1) is 0 Å². The van der Waals surface area contributed by atoms with Crippen LogP contribution in [-0.2, 0) is 17.6 Å². The molecule has 0 spiro atoms. The van der Waals surface area contributed by atoms with Crippen LogP contribution in [-0.4, -0.2) is 29.8 Å². The maximum atomic E-state index is 10.9. The molecule has 1 aromatic carbocycles. The highest BCUT2D eigenvalue weighted by molar-refractivity contribution is 6.30. The number of rotatable bonds is 3. The predicted molar refractivity (Wildman–Crippen MR) is 71.9 cm³/mol. The molecular formula is C14H16ClNO3. The van der Waals surface area contributed by atoms with Crippen LogP contribution in [0.4, 0.5) is 0 Å². The van der Waals surface area contributed by atoms with E-state index in [1.807, 2.05) is 12.1 Å². The Morgan fingerprint density at radius 3 is 3.05 bits per heavy atom. The van der Waals surface area contributed by atoms with E-state index in [9.17, 15) is 4.79 Å². The fourth-order valence-electron chi connectivity index (χ4n) is 2.94. The van der Waals surface area contributed by atoms with E-state index in [0.717, 1.165) is 41.2 Å². The third-order valence-corrected chi connectivity index (χ3v) is 4.05. The van der Waals surface area contributed by atoms with Gasteiger partial charge in [0.05, 0.1) is 6.61 Å². The number of benzene rings is 1. The smallest absolute Gasteiger partial charge is 0.320 e. The summed E-state index contributed by atoms with van der Waals surface area (Å²) < 4.78 is 5.67. The van der Waals surface area contributed by atoms with Crippen molar-refractivity contribution in [2.45, 2.75) is 37.8 Å². The molecule has 5 heteroatoms. The maximum absolute atomic E-state index is 10.9. The molecule has 19 heavy (non-hydrogen) atoms. The van der Waals surface area contributed by atoms with Gasteiger partial charge in [-0.25, -0.2) is 0 Å². The van der Waals surface area contributed by atoms with Gasteiger partial charge in [-0.05, 0) is 42.5 Å². The quantitative estimate of drug-likeness (QED) is 0.890. The number of ether oxygens (including phenoxy) is 1. The molecular weight excluding hydrogens is 266 g/mol. The molecule has 1 fully saturated rings. The standard InChI is InChI=1S/C14H16ClNO3/c15-10-5-8-3-4-19-13(8)9(6-10)7-11-1-2-12(16-11)14(17)18/h5-6,11-12,16H,1-4,7H2,(H,17,18). The van der Waals surface area contributed by atoms with Gasteiger partial charge in [-0.3, -0.25) is 4.79 Å². The molecule has 0 amide bonds. The van der Waals surface area contributed by atoms with Crippen molar-refractivity contribution in [3.8, 4) is 5.75 Å². The van der Waals surface area contributed by atoms with Crippen molar-refractivity contribution in [1.82, 2.24) is 5.32 Å². The Hall–Kier alpha value is -1.26. The van der Waals surface area contributed by atoms with E-state index in [2.05, 4.69) is 5.32 Å². The van der Waals surface area contributed by atoms with Crippen LogP contribution in [0.2, 0.25) is 5.02 Å². The predicted octanol–water partition coefficient (Wildman–Crippen LogP) is 2.02. The first kappa shape index (κ1) is 12.8. The van der Waals surface area contributed by atoms with Crippen molar-refractivity contribution in [3.05, 3.63) is 28.3 Å². The normalized spacial score (nSPS) is 25.1. The zero-order chi connectivity index (χ0) is 13.4. The second-order valence-electron chi connectivity index (χ2n) is 5.19. The number of hydrogen-bond donors (Lipinski definition) is 2. The molecule has 2 N–H and O–H groups in total. The number of nitrogens with one attached hydrogen (secondary N) is 1. The lowest BCUT2D eigenvalue weighted by atomic mass is 10.0. The van der Waals surface area contributed by atoms with Crippen molar-refractivity contribution in [1.29, 1.82) is 0 Å². The van der Waals surface area contributed by atoms with E-state index in [1.54, 1.807) is 0 Å². The summed E-state index contributed by atoms with van der Waals surface area (Å²) in [5, 5.41) is 12.9. The molecule has 1 aromatic rings. The van der Waals surface area contributed by atoms with Gasteiger partial charge in [0.2, 0.25) is 0 Å². The molecule has 0 radical (unpaired) electrons. The van der Waals surface area contributed by atoms with Gasteiger partial charge in [0.1, 0.15) is 11.8 Å². The highest BCUT2D eigenvalue weighted by atomic mass is 35.5. The Morgan fingerprint density at radius 1 is 1.47 bits per heavy atom. The Morgan fingerprint density at radius 2 is 2.32 bits per heavy atom. The largest absolute Gasteiger partial charge is 0.493 e. The lowest BCUT2D eigenvalue weighted by Crippen LogP contribution is -2.36. The number of fused-ring (bicyclic) bond motifs is 1. The summed E-state index contributed by atoms with van der Waals surface area (Å²) in [7, 11) is 0. The van der Waals surface area contributed by atoms with Gasteiger partial charge in [-0.2, -0.15) is 0 Å². The molecule has 0 saturated carbocycles. The molecule has 3 rings (SSSR count). The van der Waals surface area contributed by atoms with Gasteiger partial charge in [0.15, 0.2) is 0 Å². The average Bonchev–Trinajstić information content (AvgIpc) is 2.96. The summed E-state index contributed by atoms with van der Waals surface area (Å²) in [6.07, 6.45) is 3.23. The minimum atomic E-state index is -0.768. The van der Waals surface area contributed by atoms with Gasteiger partial charge in [0.25, 0.3) is 0 Å². The van der Waals surface area contributed by atoms with Crippen LogP contribution in [0.1, 0.15) is 24.0 Å². The number of carbonyl (C=O) groups is 1. The second-order valence-corrected chi connectivity index (χ2v) is 5.62.